The monoisotopic (exact) mass is 546 g/mol. The topological polar surface area (TPSA) is 138 Å². The lowest BCUT2D eigenvalue weighted by Crippen LogP contribution is -2.53. The van der Waals surface area contributed by atoms with Gasteiger partial charge in [0.15, 0.2) is 5.76 Å². The maximum Gasteiger partial charge on any atom is 0.287 e. The molecule has 3 aromatic rings. The minimum atomic E-state index is -0.940. The number of para-hydroxylation sites is 2. The number of nitrogens with zero attached hydrogens (tertiary/aromatic N) is 1. The average molecular weight is 547 g/mol. The smallest absolute Gasteiger partial charge is 0.287 e. The number of furan rings is 1. The number of benzene rings is 2. The molecule has 0 bridgehead atoms. The van der Waals surface area contributed by atoms with Crippen LogP contribution in [0.1, 0.15) is 42.8 Å². The van der Waals surface area contributed by atoms with Crippen molar-refractivity contribution in [1.29, 1.82) is 0 Å². The minimum Gasteiger partial charge on any atom is -0.451 e. The first-order valence-electron chi connectivity index (χ1n) is 13.4. The molecule has 0 aliphatic carbocycles. The van der Waals surface area contributed by atoms with Gasteiger partial charge in [0.05, 0.1) is 12.6 Å². The third kappa shape index (κ3) is 6.39. The van der Waals surface area contributed by atoms with Crippen molar-refractivity contribution in [3.05, 3.63) is 65.9 Å². The van der Waals surface area contributed by atoms with E-state index in [-0.39, 0.29) is 29.9 Å². The van der Waals surface area contributed by atoms with Gasteiger partial charge in [0, 0.05) is 23.5 Å². The molecule has 3 N–H and O–H groups in total. The summed E-state index contributed by atoms with van der Waals surface area (Å²) in [6.07, 6.45) is 1.42. The molecule has 4 rings (SSSR count). The number of carbonyl (C=O) groups is 5. The predicted octanol–water partition coefficient (Wildman–Crippen LogP) is 2.74. The zero-order valence-corrected chi connectivity index (χ0v) is 22.8. The Labute approximate surface area is 232 Å². The highest BCUT2D eigenvalue weighted by Gasteiger charge is 2.34. The van der Waals surface area contributed by atoms with Crippen molar-refractivity contribution in [1.82, 2.24) is 16.0 Å². The molecule has 1 aromatic heterocycles. The van der Waals surface area contributed by atoms with Crippen LogP contribution >= 0.6 is 0 Å². The van der Waals surface area contributed by atoms with Crippen LogP contribution in [-0.4, -0.2) is 55.1 Å². The van der Waals surface area contributed by atoms with E-state index >= 15 is 0 Å². The van der Waals surface area contributed by atoms with Crippen molar-refractivity contribution >= 4 is 46.6 Å². The van der Waals surface area contributed by atoms with Crippen LogP contribution in [0.4, 0.5) is 5.69 Å². The Morgan fingerprint density at radius 2 is 1.85 bits per heavy atom. The SMILES string of the molecule is Cc1ccccc1N(C(=O)CNC(=O)[C@@H](NC(=O)c1cc2ccccc2o1)C(C)C)[C@H](C=O)C[C@@H]1CCNC1=O. The Morgan fingerprint density at radius 1 is 1.12 bits per heavy atom. The number of rotatable bonds is 11. The molecule has 1 aliphatic rings. The number of aldehydes is 1. The van der Waals surface area contributed by atoms with E-state index in [2.05, 4.69) is 16.0 Å². The van der Waals surface area contributed by atoms with Gasteiger partial charge in [-0.25, -0.2) is 0 Å². The molecule has 0 unspecified atom stereocenters. The van der Waals surface area contributed by atoms with Gasteiger partial charge in [-0.3, -0.25) is 19.2 Å². The Balaban J connectivity index is 1.48. The molecule has 0 saturated carbocycles. The lowest BCUT2D eigenvalue weighted by molar-refractivity contribution is -0.127. The molecule has 2 aromatic carbocycles. The fourth-order valence-electron chi connectivity index (χ4n) is 4.91. The van der Waals surface area contributed by atoms with E-state index in [0.717, 1.165) is 10.9 Å². The van der Waals surface area contributed by atoms with E-state index in [1.54, 1.807) is 44.2 Å². The van der Waals surface area contributed by atoms with Crippen LogP contribution in [0.5, 0.6) is 0 Å². The summed E-state index contributed by atoms with van der Waals surface area (Å²) < 4.78 is 5.61. The Hall–Kier alpha value is -4.47. The number of hydrogen-bond acceptors (Lipinski definition) is 6. The van der Waals surface area contributed by atoms with Gasteiger partial charge < -0.3 is 30.1 Å². The van der Waals surface area contributed by atoms with Crippen LogP contribution < -0.4 is 20.9 Å². The van der Waals surface area contributed by atoms with Gasteiger partial charge in [-0.2, -0.15) is 0 Å². The quantitative estimate of drug-likeness (QED) is 0.316. The van der Waals surface area contributed by atoms with E-state index < -0.39 is 36.3 Å². The number of amides is 4. The van der Waals surface area contributed by atoms with Crippen molar-refractivity contribution in [2.75, 3.05) is 18.0 Å². The van der Waals surface area contributed by atoms with Crippen molar-refractivity contribution < 1.29 is 28.4 Å². The molecule has 0 spiro atoms. The molecule has 1 aliphatic heterocycles. The van der Waals surface area contributed by atoms with Gasteiger partial charge in [0.1, 0.15) is 17.9 Å². The molecule has 0 radical (unpaired) electrons. The van der Waals surface area contributed by atoms with Gasteiger partial charge in [-0.1, -0.05) is 50.2 Å². The summed E-state index contributed by atoms with van der Waals surface area (Å²) in [4.78, 5) is 65.4. The largest absolute Gasteiger partial charge is 0.451 e. The number of hydrogen-bond donors (Lipinski definition) is 3. The first-order chi connectivity index (χ1) is 19.2. The average Bonchev–Trinajstić information content (AvgIpc) is 3.56. The van der Waals surface area contributed by atoms with E-state index in [1.807, 2.05) is 31.2 Å². The summed E-state index contributed by atoms with van der Waals surface area (Å²) >= 11 is 0. The summed E-state index contributed by atoms with van der Waals surface area (Å²) in [5.74, 6) is -2.35. The molecule has 40 heavy (non-hydrogen) atoms. The van der Waals surface area contributed by atoms with Gasteiger partial charge in [-0.05, 0) is 49.4 Å². The van der Waals surface area contributed by atoms with Crippen molar-refractivity contribution in [3.8, 4) is 0 Å². The molecule has 1 fully saturated rings. The fourth-order valence-corrected chi connectivity index (χ4v) is 4.91. The van der Waals surface area contributed by atoms with Crippen molar-refractivity contribution in [3.63, 3.8) is 0 Å². The molecule has 4 amide bonds. The second kappa shape index (κ2) is 12.6. The van der Waals surface area contributed by atoms with Crippen LogP contribution in [0.25, 0.3) is 11.0 Å². The number of aryl methyl sites for hydroxylation is 1. The maximum absolute atomic E-state index is 13.5. The Kier molecular flexibility index (Phi) is 8.98. The van der Waals surface area contributed by atoms with Gasteiger partial charge in [-0.15, -0.1) is 0 Å². The lowest BCUT2D eigenvalue weighted by Gasteiger charge is -2.31. The Morgan fingerprint density at radius 3 is 2.50 bits per heavy atom. The van der Waals surface area contributed by atoms with Gasteiger partial charge in [0.2, 0.25) is 17.7 Å². The Bertz CT molecular complexity index is 1380. The predicted molar refractivity (Wildman–Crippen MR) is 150 cm³/mol. The zero-order valence-electron chi connectivity index (χ0n) is 22.8. The fraction of sp³-hybridized carbons (Fsp3) is 0.367. The summed E-state index contributed by atoms with van der Waals surface area (Å²) in [6, 6.07) is 14.1. The number of nitrogens with one attached hydrogen (secondary N) is 3. The lowest BCUT2D eigenvalue weighted by atomic mass is 9.97. The molecular weight excluding hydrogens is 512 g/mol. The molecule has 3 atom stereocenters. The highest BCUT2D eigenvalue weighted by Crippen LogP contribution is 2.26. The summed E-state index contributed by atoms with van der Waals surface area (Å²) in [7, 11) is 0. The first-order valence-corrected chi connectivity index (χ1v) is 13.4. The number of carbonyl (C=O) groups excluding carboxylic acids is 5. The van der Waals surface area contributed by atoms with E-state index in [0.29, 0.717) is 30.5 Å². The second-order valence-corrected chi connectivity index (χ2v) is 10.3. The van der Waals surface area contributed by atoms with Crippen molar-refractivity contribution in [2.45, 2.75) is 45.7 Å². The highest BCUT2D eigenvalue weighted by molar-refractivity contribution is 6.02. The summed E-state index contributed by atoms with van der Waals surface area (Å²) in [6.45, 7) is 5.50. The van der Waals surface area contributed by atoms with E-state index in [4.69, 9.17) is 4.42 Å². The molecule has 10 heteroatoms. The third-order valence-corrected chi connectivity index (χ3v) is 7.12. The van der Waals surface area contributed by atoms with E-state index in [9.17, 15) is 24.0 Å². The third-order valence-electron chi connectivity index (χ3n) is 7.12. The normalized spacial score (nSPS) is 16.3. The second-order valence-electron chi connectivity index (χ2n) is 10.3. The first kappa shape index (κ1) is 28.5. The highest BCUT2D eigenvalue weighted by atomic mass is 16.3. The van der Waals surface area contributed by atoms with Crippen LogP contribution in [0.2, 0.25) is 0 Å². The van der Waals surface area contributed by atoms with E-state index in [1.165, 1.54) is 4.90 Å². The maximum atomic E-state index is 13.5. The molecule has 1 saturated heterocycles. The standard InChI is InChI=1S/C30H34N4O6/c1-18(2)27(33-29(38)25-15-20-9-5-7-11-24(20)40-25)30(39)32-16-26(36)34(23-10-6-4-8-19(23)3)22(17-35)14-21-12-13-31-28(21)37/h4-11,15,17-18,21-22,27H,12-14,16H2,1-3H3,(H,31,37)(H,32,39)(H,33,38)/t21-,22-,27-/m0/s1. The molecule has 10 nitrogen and oxygen atoms in total. The number of anilines is 1. The molecular formula is C30H34N4O6. The zero-order chi connectivity index (χ0) is 28.8. The van der Waals surface area contributed by atoms with Gasteiger partial charge >= 0.3 is 0 Å². The van der Waals surface area contributed by atoms with Crippen LogP contribution in [-0.2, 0) is 19.2 Å². The van der Waals surface area contributed by atoms with Gasteiger partial charge in [0.25, 0.3) is 5.91 Å². The summed E-state index contributed by atoms with van der Waals surface area (Å²) in [5.41, 5.74) is 1.85. The van der Waals surface area contributed by atoms with Crippen LogP contribution in [0.3, 0.4) is 0 Å². The van der Waals surface area contributed by atoms with Crippen molar-refractivity contribution in [2.24, 2.45) is 11.8 Å². The minimum absolute atomic E-state index is 0.0752. The molecule has 210 valence electrons. The van der Waals surface area contributed by atoms with Crippen LogP contribution in [0.15, 0.2) is 59.0 Å². The number of fused-ring (bicyclic) bond motifs is 1. The van der Waals surface area contributed by atoms with Crippen LogP contribution in [0, 0.1) is 18.8 Å². The molecule has 2 heterocycles. The summed E-state index contributed by atoms with van der Waals surface area (Å²) in [5, 5.41) is 8.86.